The van der Waals surface area contributed by atoms with Crippen molar-refractivity contribution in [1.82, 2.24) is 25.5 Å². The number of carbonyl (C=O) groups excluding carboxylic acids is 3. The van der Waals surface area contributed by atoms with E-state index in [4.69, 9.17) is 24.2 Å². The average Bonchev–Trinajstić information content (AvgIpc) is 3.56. The lowest BCUT2D eigenvalue weighted by Crippen LogP contribution is -2.54. The number of nitrogens with one attached hydrogen (secondary N) is 2. The number of thiazole rings is 1. The molecule has 12 heteroatoms. The lowest BCUT2D eigenvalue weighted by Gasteiger charge is -2.29. The quantitative estimate of drug-likeness (QED) is 0.122. The summed E-state index contributed by atoms with van der Waals surface area (Å²) in [5.41, 5.74) is 2.54. The van der Waals surface area contributed by atoms with Gasteiger partial charge in [-0.15, -0.1) is 17.9 Å². The molecule has 1 aliphatic carbocycles. The number of nitrogens with zero attached hydrogens (tertiary/aromatic N) is 3. The van der Waals surface area contributed by atoms with Crippen molar-refractivity contribution in [3.05, 3.63) is 47.5 Å². The number of ether oxygens (including phenoxy) is 3. The Morgan fingerprint density at radius 2 is 1.88 bits per heavy atom. The lowest BCUT2D eigenvalue weighted by atomic mass is 10.1. The maximum atomic E-state index is 14.4. The van der Waals surface area contributed by atoms with E-state index in [2.05, 4.69) is 36.4 Å². The van der Waals surface area contributed by atoms with E-state index in [1.54, 1.807) is 32.8 Å². The predicted octanol–water partition coefficient (Wildman–Crippen LogP) is 7.46. The van der Waals surface area contributed by atoms with Crippen molar-refractivity contribution < 1.29 is 28.6 Å². The number of hydrogen-bond donors (Lipinski definition) is 2. The number of amides is 3. The third-order valence-electron chi connectivity index (χ3n) is 9.16. The van der Waals surface area contributed by atoms with Crippen molar-refractivity contribution in [3.8, 4) is 22.2 Å². The molecule has 3 heterocycles. The van der Waals surface area contributed by atoms with Crippen LogP contribution < -0.4 is 20.1 Å². The topological polar surface area (TPSA) is 132 Å². The van der Waals surface area contributed by atoms with Gasteiger partial charge in [0.05, 0.1) is 24.9 Å². The number of alkyl carbamates (subject to hydrolysis) is 1. The van der Waals surface area contributed by atoms with E-state index in [1.165, 1.54) is 11.3 Å². The molecule has 2 N–H and O–H groups in total. The Labute approximate surface area is 305 Å². The Morgan fingerprint density at radius 1 is 1.12 bits per heavy atom. The van der Waals surface area contributed by atoms with Crippen LogP contribution in [0.4, 0.5) is 4.79 Å². The molecular formula is C39H53N5O6S. The Bertz CT molecular complexity index is 1730. The fourth-order valence-corrected chi connectivity index (χ4v) is 7.22. The van der Waals surface area contributed by atoms with Gasteiger partial charge in [-0.25, -0.2) is 14.8 Å². The first-order chi connectivity index (χ1) is 24.3. The molecule has 51 heavy (non-hydrogen) atoms. The molecule has 3 aromatic rings. The molecule has 0 spiro atoms. The van der Waals surface area contributed by atoms with Crippen molar-refractivity contribution in [3.63, 3.8) is 0 Å². The number of fused-ring (bicyclic) bond motifs is 1. The summed E-state index contributed by atoms with van der Waals surface area (Å²) in [7, 11) is 1.63. The van der Waals surface area contributed by atoms with Gasteiger partial charge in [0.15, 0.2) is 0 Å². The number of allylic oxidation sites excluding steroid dienone is 1. The first kappa shape index (κ1) is 38.1. The van der Waals surface area contributed by atoms with Crippen LogP contribution in [-0.4, -0.2) is 76.3 Å². The number of methoxy groups -OCH3 is 1. The van der Waals surface area contributed by atoms with Crippen molar-refractivity contribution in [2.24, 2.45) is 0 Å². The summed E-state index contributed by atoms with van der Waals surface area (Å²) in [5, 5.41) is 9.54. The highest BCUT2D eigenvalue weighted by Crippen LogP contribution is 2.38. The summed E-state index contributed by atoms with van der Waals surface area (Å²) in [5.74, 6) is 1.05. The summed E-state index contributed by atoms with van der Waals surface area (Å²) in [6.45, 7) is 15.5. The molecule has 2 fully saturated rings. The number of rotatable bonds is 15. The molecule has 1 unspecified atom stereocenters. The highest BCUT2D eigenvalue weighted by atomic mass is 32.1. The van der Waals surface area contributed by atoms with Crippen LogP contribution in [0.15, 0.2) is 36.2 Å². The predicted molar refractivity (Wildman–Crippen MR) is 200 cm³/mol. The summed E-state index contributed by atoms with van der Waals surface area (Å²) in [4.78, 5) is 52.5. The van der Waals surface area contributed by atoms with Crippen LogP contribution in [-0.2, 0) is 14.3 Å². The summed E-state index contributed by atoms with van der Waals surface area (Å²) in [6.07, 6.45) is 6.69. The van der Waals surface area contributed by atoms with Crippen LogP contribution >= 0.6 is 11.3 Å². The lowest BCUT2D eigenvalue weighted by molar-refractivity contribution is -0.140. The second-order valence-corrected chi connectivity index (χ2v) is 15.8. The molecule has 276 valence electrons. The van der Waals surface area contributed by atoms with Gasteiger partial charge in [-0.3, -0.25) is 9.59 Å². The number of hydrogen-bond acceptors (Lipinski definition) is 9. The normalized spacial score (nSPS) is 18.1. The van der Waals surface area contributed by atoms with Crippen molar-refractivity contribution in [2.45, 2.75) is 129 Å². The molecule has 2 aromatic heterocycles. The van der Waals surface area contributed by atoms with E-state index < -0.39 is 29.9 Å². The Kier molecular flexibility index (Phi) is 12.3. The van der Waals surface area contributed by atoms with Crippen LogP contribution in [0.5, 0.6) is 11.5 Å². The van der Waals surface area contributed by atoms with Gasteiger partial charge in [0.2, 0.25) is 11.8 Å². The van der Waals surface area contributed by atoms with Gasteiger partial charge in [0, 0.05) is 34.9 Å². The van der Waals surface area contributed by atoms with Gasteiger partial charge in [-0.05, 0) is 77.8 Å². The van der Waals surface area contributed by atoms with E-state index in [1.807, 2.05) is 31.2 Å². The molecule has 0 bridgehead atoms. The molecule has 11 nitrogen and oxygen atoms in total. The number of carbonyl (C=O) groups is 3. The standard InChI is InChI=1S/C39H53N5O6S/c1-9-10-11-12-13-14-28(43-38(47)50-39(5,6)7)37(46)44-21-26(19-31(44)35(45)40-25-15-16-25)49-33-20-29(36-42-30(22-51-36)23(2)3)41-34-24(4)32(48-8)18-17-27(33)34/h9,17-18,20,22-23,25-26,28,31H,1,10-16,19,21H2,2-8H3,(H,40,45)(H,43,47)/t26-,28+,31?/m1/s1. The van der Waals surface area contributed by atoms with Gasteiger partial charge in [0.1, 0.15) is 46.0 Å². The Balaban J connectivity index is 1.45. The fraction of sp³-hybridized carbons (Fsp3) is 0.564. The molecule has 1 saturated heterocycles. The number of aromatic nitrogens is 2. The van der Waals surface area contributed by atoms with E-state index >= 15 is 0 Å². The number of aryl methyl sites for hydroxylation is 1. The number of benzene rings is 1. The molecule has 2 aliphatic rings. The highest BCUT2D eigenvalue weighted by Gasteiger charge is 2.44. The summed E-state index contributed by atoms with van der Waals surface area (Å²) >= 11 is 1.53. The van der Waals surface area contributed by atoms with E-state index in [0.717, 1.165) is 65.7 Å². The largest absolute Gasteiger partial charge is 0.496 e. The Hall–Kier alpha value is -4.19. The highest BCUT2D eigenvalue weighted by molar-refractivity contribution is 7.13. The second kappa shape index (κ2) is 16.4. The van der Waals surface area contributed by atoms with E-state index in [9.17, 15) is 14.4 Å². The van der Waals surface area contributed by atoms with Crippen LogP contribution in [0.3, 0.4) is 0 Å². The van der Waals surface area contributed by atoms with Crippen molar-refractivity contribution >= 4 is 40.1 Å². The SMILES string of the molecule is C=CCCCCC[C@H](NC(=O)OC(C)(C)C)C(=O)N1C[C@H](Oc2cc(-c3nc(C(C)C)cs3)nc3c(C)c(OC)ccc23)CC1C(=O)NC1CC1. The molecule has 1 aromatic carbocycles. The third kappa shape index (κ3) is 9.78. The maximum absolute atomic E-state index is 14.4. The minimum Gasteiger partial charge on any atom is -0.496 e. The van der Waals surface area contributed by atoms with Gasteiger partial charge in [0.25, 0.3) is 0 Å². The van der Waals surface area contributed by atoms with Crippen LogP contribution in [0.2, 0.25) is 0 Å². The first-order valence-corrected chi connectivity index (χ1v) is 19.0. The van der Waals surface area contributed by atoms with Gasteiger partial charge in [-0.2, -0.15) is 0 Å². The molecular weight excluding hydrogens is 667 g/mol. The van der Waals surface area contributed by atoms with Crippen LogP contribution in [0.1, 0.15) is 103 Å². The van der Waals surface area contributed by atoms with Crippen molar-refractivity contribution in [1.29, 1.82) is 0 Å². The zero-order valence-electron chi connectivity index (χ0n) is 31.0. The van der Waals surface area contributed by atoms with Crippen molar-refractivity contribution in [2.75, 3.05) is 13.7 Å². The van der Waals surface area contributed by atoms with Crippen LogP contribution in [0, 0.1) is 6.92 Å². The second-order valence-electron chi connectivity index (χ2n) is 14.9. The molecule has 3 amide bonds. The zero-order chi connectivity index (χ0) is 36.9. The molecule has 1 aliphatic heterocycles. The minimum absolute atomic E-state index is 0.119. The molecule has 3 atom stereocenters. The molecule has 1 saturated carbocycles. The number of unbranched alkanes of at least 4 members (excludes halogenated alkanes) is 3. The monoisotopic (exact) mass is 719 g/mol. The van der Waals surface area contributed by atoms with E-state index in [0.29, 0.717) is 30.0 Å². The minimum atomic E-state index is -0.859. The van der Waals surface area contributed by atoms with E-state index in [-0.39, 0.29) is 30.3 Å². The first-order valence-electron chi connectivity index (χ1n) is 18.1. The third-order valence-corrected chi connectivity index (χ3v) is 10.0. The van der Waals surface area contributed by atoms with Gasteiger partial charge in [-0.1, -0.05) is 32.8 Å². The van der Waals surface area contributed by atoms with Gasteiger partial charge < -0.3 is 29.7 Å². The maximum Gasteiger partial charge on any atom is 0.408 e. The average molecular weight is 720 g/mol. The number of likely N-dealkylation sites (tertiary alicyclic amines) is 1. The number of pyridine rings is 1. The van der Waals surface area contributed by atoms with Gasteiger partial charge >= 0.3 is 6.09 Å². The summed E-state index contributed by atoms with van der Waals surface area (Å²) < 4.78 is 17.9. The Morgan fingerprint density at radius 3 is 2.53 bits per heavy atom. The molecule has 0 radical (unpaired) electrons. The zero-order valence-corrected chi connectivity index (χ0v) is 31.9. The smallest absolute Gasteiger partial charge is 0.408 e. The molecule has 5 rings (SSSR count). The fourth-order valence-electron chi connectivity index (χ4n) is 6.28. The summed E-state index contributed by atoms with van der Waals surface area (Å²) in [6, 6.07) is 4.22. The van der Waals surface area contributed by atoms with Crippen LogP contribution in [0.25, 0.3) is 21.6 Å².